The number of benzene rings is 2. The predicted octanol–water partition coefficient (Wildman–Crippen LogP) is 5.70. The van der Waals surface area contributed by atoms with E-state index in [1.54, 1.807) is 18.1 Å². The summed E-state index contributed by atoms with van der Waals surface area (Å²) in [5, 5.41) is 1.58. The van der Waals surface area contributed by atoms with Crippen LogP contribution < -0.4 is 9.47 Å². The van der Waals surface area contributed by atoms with Gasteiger partial charge < -0.3 is 14.2 Å². The van der Waals surface area contributed by atoms with Crippen LogP contribution in [0.4, 0.5) is 0 Å². The summed E-state index contributed by atoms with van der Waals surface area (Å²) in [6.45, 7) is 4.50. The van der Waals surface area contributed by atoms with Gasteiger partial charge in [0.2, 0.25) is 0 Å². The molecule has 1 saturated heterocycles. The second-order valence-corrected chi connectivity index (χ2v) is 10.1. The molecule has 182 valence electrons. The van der Waals surface area contributed by atoms with Crippen molar-refractivity contribution >= 4 is 34.7 Å². The number of hydrogen-bond acceptors (Lipinski definition) is 8. The zero-order valence-corrected chi connectivity index (χ0v) is 21.8. The van der Waals surface area contributed by atoms with E-state index in [1.807, 2.05) is 53.5 Å². The van der Waals surface area contributed by atoms with E-state index in [4.69, 9.17) is 19.2 Å². The predicted molar refractivity (Wildman–Crippen MR) is 140 cm³/mol. The quantitative estimate of drug-likeness (QED) is 0.170. The Kier molecular flexibility index (Phi) is 7.17. The zero-order valence-electron chi connectivity index (χ0n) is 20.2. The molecule has 5 rings (SSSR count). The van der Waals surface area contributed by atoms with Crippen LogP contribution in [0.1, 0.15) is 23.8 Å². The summed E-state index contributed by atoms with van der Waals surface area (Å²) in [5.41, 5.74) is 3.94. The van der Waals surface area contributed by atoms with Gasteiger partial charge in [0, 0.05) is 6.42 Å². The van der Waals surface area contributed by atoms with Gasteiger partial charge in [-0.3, -0.25) is 4.57 Å². The maximum Gasteiger partial charge on any atom is 0.190 e. The lowest BCUT2D eigenvalue weighted by Gasteiger charge is -2.20. The van der Waals surface area contributed by atoms with Gasteiger partial charge in [0.1, 0.15) is 47.1 Å². The van der Waals surface area contributed by atoms with E-state index >= 15 is 0 Å². The Morgan fingerprint density at radius 1 is 0.943 bits per heavy atom. The number of fused-ring (bicyclic) bond motifs is 1. The molecule has 7 nitrogen and oxygen atoms in total. The second-order valence-electron chi connectivity index (χ2n) is 8.50. The van der Waals surface area contributed by atoms with Crippen molar-refractivity contribution in [3.05, 3.63) is 66.0 Å². The van der Waals surface area contributed by atoms with Crippen molar-refractivity contribution in [3.63, 3.8) is 0 Å². The highest BCUT2D eigenvalue weighted by Gasteiger charge is 2.39. The van der Waals surface area contributed by atoms with Gasteiger partial charge in [0.15, 0.2) is 10.8 Å². The van der Waals surface area contributed by atoms with Gasteiger partial charge in [-0.1, -0.05) is 47.2 Å². The summed E-state index contributed by atoms with van der Waals surface area (Å²) >= 11 is 3.08. The molecular weight excluding hydrogens is 480 g/mol. The molecule has 0 amide bonds. The number of aryl methyl sites for hydroxylation is 2. The maximum absolute atomic E-state index is 6.51. The molecule has 0 bridgehead atoms. The van der Waals surface area contributed by atoms with Crippen molar-refractivity contribution in [3.8, 4) is 11.5 Å². The average molecular weight is 509 g/mol. The lowest BCUT2D eigenvalue weighted by atomic mass is 10.1. The van der Waals surface area contributed by atoms with Gasteiger partial charge >= 0.3 is 0 Å². The molecule has 0 spiro atoms. The summed E-state index contributed by atoms with van der Waals surface area (Å²) in [6.07, 6.45) is 5.69. The molecule has 4 aromatic rings. The van der Waals surface area contributed by atoms with E-state index in [0.717, 1.165) is 27.7 Å². The zero-order chi connectivity index (χ0) is 24.4. The minimum Gasteiger partial charge on any atom is -0.491 e. The average Bonchev–Trinajstić information content (AvgIpc) is 3.48. The molecule has 1 fully saturated rings. The Labute approximate surface area is 213 Å². The number of thioether (sulfide) groups is 2. The van der Waals surface area contributed by atoms with Crippen LogP contribution >= 0.6 is 23.5 Å². The Hall–Kier alpha value is -2.75. The van der Waals surface area contributed by atoms with E-state index in [9.17, 15) is 0 Å². The lowest BCUT2D eigenvalue weighted by Crippen LogP contribution is -2.32. The number of ether oxygens (including phenoxy) is 3. The van der Waals surface area contributed by atoms with Gasteiger partial charge in [-0.15, -0.1) is 11.8 Å². The molecule has 0 saturated carbocycles. The molecule has 1 aliphatic heterocycles. The van der Waals surface area contributed by atoms with Crippen molar-refractivity contribution < 1.29 is 14.2 Å². The van der Waals surface area contributed by atoms with Gasteiger partial charge in [0.05, 0.1) is 6.33 Å². The van der Waals surface area contributed by atoms with E-state index < -0.39 is 0 Å². The van der Waals surface area contributed by atoms with Crippen LogP contribution in [0.2, 0.25) is 0 Å². The number of nitrogens with zero attached hydrogens (tertiary/aromatic N) is 4. The van der Waals surface area contributed by atoms with Crippen LogP contribution in [-0.2, 0) is 4.74 Å². The summed E-state index contributed by atoms with van der Waals surface area (Å²) in [6, 6.07) is 16.1. The van der Waals surface area contributed by atoms with Crippen molar-refractivity contribution in [1.82, 2.24) is 19.5 Å². The summed E-state index contributed by atoms with van der Waals surface area (Å²) in [7, 11) is 0. The molecule has 3 unspecified atom stereocenters. The molecule has 0 radical (unpaired) electrons. The summed E-state index contributed by atoms with van der Waals surface area (Å²) in [4.78, 5) is 13.9. The Balaban J connectivity index is 1.41. The van der Waals surface area contributed by atoms with Gasteiger partial charge in [-0.25, -0.2) is 15.0 Å². The van der Waals surface area contributed by atoms with Crippen LogP contribution in [0.25, 0.3) is 11.2 Å². The summed E-state index contributed by atoms with van der Waals surface area (Å²) in [5.74, 6) is 1.63. The molecule has 1 aliphatic rings. The monoisotopic (exact) mass is 508 g/mol. The van der Waals surface area contributed by atoms with Crippen molar-refractivity contribution in [2.45, 2.75) is 48.9 Å². The highest BCUT2D eigenvalue weighted by atomic mass is 32.2. The fraction of sp³-hybridized carbons (Fsp3) is 0.346. The van der Waals surface area contributed by atoms with Crippen LogP contribution in [0, 0.1) is 13.8 Å². The van der Waals surface area contributed by atoms with E-state index in [0.29, 0.717) is 18.2 Å². The SMILES string of the molecule is CSc1nc(SC)c2ncn(C3CC(Oc4ccc(C)cc4)C(COc4ccc(C)cc4)O3)c2n1. The molecule has 0 N–H and O–H groups in total. The maximum atomic E-state index is 6.51. The standard InChI is InChI=1S/C26H28N4O3S2/c1-16-5-9-18(10-6-16)31-14-21-20(32-19-11-7-17(2)8-12-19)13-22(33-21)30-15-27-23-24(30)28-26(35-4)29-25(23)34-3/h5-12,15,20-22H,13-14H2,1-4H3. The first-order valence-electron chi connectivity index (χ1n) is 11.4. The molecule has 2 aromatic heterocycles. The third-order valence-corrected chi connectivity index (χ3v) is 7.20. The Morgan fingerprint density at radius 2 is 1.63 bits per heavy atom. The summed E-state index contributed by atoms with van der Waals surface area (Å²) < 4.78 is 21.0. The van der Waals surface area contributed by atoms with Gasteiger partial charge in [-0.05, 0) is 50.6 Å². The van der Waals surface area contributed by atoms with Crippen molar-refractivity contribution in [2.75, 3.05) is 19.1 Å². The Bertz CT molecular complexity index is 1290. The molecule has 2 aromatic carbocycles. The third kappa shape index (κ3) is 5.27. The number of rotatable bonds is 8. The molecule has 3 heterocycles. The van der Waals surface area contributed by atoms with E-state index in [1.165, 1.54) is 22.9 Å². The fourth-order valence-electron chi connectivity index (χ4n) is 4.07. The Morgan fingerprint density at radius 3 is 2.29 bits per heavy atom. The first kappa shape index (κ1) is 24.0. The first-order chi connectivity index (χ1) is 17.0. The van der Waals surface area contributed by atoms with Crippen molar-refractivity contribution in [1.29, 1.82) is 0 Å². The smallest absolute Gasteiger partial charge is 0.190 e. The highest BCUT2D eigenvalue weighted by Crippen LogP contribution is 2.35. The van der Waals surface area contributed by atoms with E-state index in [2.05, 4.69) is 35.9 Å². The molecule has 0 aliphatic carbocycles. The highest BCUT2D eigenvalue weighted by molar-refractivity contribution is 7.99. The molecule has 35 heavy (non-hydrogen) atoms. The first-order valence-corrected chi connectivity index (χ1v) is 13.9. The number of imidazole rings is 1. The normalized spacial score (nSPS) is 19.8. The molecular formula is C26H28N4O3S2. The molecule has 3 atom stereocenters. The lowest BCUT2D eigenvalue weighted by molar-refractivity contribution is -0.0341. The number of aromatic nitrogens is 4. The van der Waals surface area contributed by atoms with Gasteiger partial charge in [-0.2, -0.15) is 0 Å². The second kappa shape index (κ2) is 10.5. The minimum absolute atomic E-state index is 0.188. The molecule has 9 heteroatoms. The van der Waals surface area contributed by atoms with Gasteiger partial charge in [0.25, 0.3) is 0 Å². The van der Waals surface area contributed by atoms with Crippen molar-refractivity contribution in [2.24, 2.45) is 0 Å². The number of hydrogen-bond donors (Lipinski definition) is 0. The largest absolute Gasteiger partial charge is 0.491 e. The van der Waals surface area contributed by atoms with Crippen LogP contribution in [0.15, 0.2) is 65.0 Å². The minimum atomic E-state index is -0.277. The van der Waals surface area contributed by atoms with E-state index in [-0.39, 0.29) is 18.4 Å². The van der Waals surface area contributed by atoms with Crippen LogP contribution in [0.5, 0.6) is 11.5 Å². The fourth-order valence-corrected chi connectivity index (χ4v) is 5.00. The van der Waals surface area contributed by atoms with Crippen LogP contribution in [-0.4, -0.2) is 50.8 Å². The third-order valence-electron chi connectivity index (χ3n) is 5.98. The van der Waals surface area contributed by atoms with Crippen LogP contribution in [0.3, 0.4) is 0 Å². The topological polar surface area (TPSA) is 71.3 Å².